The van der Waals surface area contributed by atoms with Crippen LogP contribution in [-0.2, 0) is 11.3 Å². The number of hydrogen-bond donors (Lipinski definition) is 1. The van der Waals surface area contributed by atoms with Crippen molar-refractivity contribution in [2.75, 3.05) is 26.2 Å². The second-order valence-electron chi connectivity index (χ2n) is 6.17. The summed E-state index contributed by atoms with van der Waals surface area (Å²) in [5.41, 5.74) is 1.05. The topological polar surface area (TPSA) is 70.1 Å². The van der Waals surface area contributed by atoms with Gasteiger partial charge in [0.1, 0.15) is 6.61 Å². The average Bonchev–Trinajstić information content (AvgIpc) is 2.51. The molecule has 2 fully saturated rings. The summed E-state index contributed by atoms with van der Waals surface area (Å²) in [4.78, 5) is 26.1. The predicted octanol–water partition coefficient (Wildman–Crippen LogP) is 2.40. The van der Waals surface area contributed by atoms with Gasteiger partial charge in [0.25, 0.3) is 0 Å². The Bertz CT molecular complexity index is 545. The van der Waals surface area contributed by atoms with Crippen LogP contribution >= 0.6 is 0 Å². The number of carbonyl (C=O) groups excluding carboxylic acids is 1. The minimum Gasteiger partial charge on any atom is -0.465 e. The van der Waals surface area contributed by atoms with Gasteiger partial charge >= 0.3 is 12.2 Å². The normalized spacial score (nSPS) is 19.6. The molecule has 0 saturated carbocycles. The summed E-state index contributed by atoms with van der Waals surface area (Å²) < 4.78 is 5.33. The number of piperidine rings is 1. The Labute approximate surface area is 129 Å². The lowest BCUT2D eigenvalue weighted by atomic mass is 9.72. The van der Waals surface area contributed by atoms with E-state index in [0.717, 1.165) is 18.4 Å². The van der Waals surface area contributed by atoms with Crippen molar-refractivity contribution in [1.82, 2.24) is 9.80 Å². The minimum atomic E-state index is -0.852. The molecule has 22 heavy (non-hydrogen) atoms. The van der Waals surface area contributed by atoms with Gasteiger partial charge in [-0.1, -0.05) is 30.3 Å². The molecule has 0 unspecified atom stereocenters. The van der Waals surface area contributed by atoms with Gasteiger partial charge in [0, 0.05) is 31.6 Å². The molecule has 1 N–H and O–H groups in total. The summed E-state index contributed by atoms with van der Waals surface area (Å²) in [5.74, 6) is 0. The van der Waals surface area contributed by atoms with Gasteiger partial charge in [-0.3, -0.25) is 0 Å². The molecule has 2 heterocycles. The molecule has 0 aromatic heterocycles. The summed E-state index contributed by atoms with van der Waals surface area (Å²) in [5, 5.41) is 8.91. The Hall–Kier alpha value is -2.24. The van der Waals surface area contributed by atoms with Crippen LogP contribution in [0.2, 0.25) is 0 Å². The molecular weight excluding hydrogens is 284 g/mol. The molecule has 0 aliphatic carbocycles. The monoisotopic (exact) mass is 304 g/mol. The van der Waals surface area contributed by atoms with Gasteiger partial charge in [-0.25, -0.2) is 9.59 Å². The fourth-order valence-corrected chi connectivity index (χ4v) is 3.19. The first-order chi connectivity index (χ1) is 10.6. The van der Waals surface area contributed by atoms with Crippen LogP contribution in [0.15, 0.2) is 30.3 Å². The standard InChI is InChI=1S/C16H20N2O4/c19-14(20)18-11-16(12-18)6-8-17(9-7-16)15(21)22-10-13-4-2-1-3-5-13/h1-5H,6-12H2,(H,19,20). The maximum Gasteiger partial charge on any atom is 0.410 e. The number of hydrogen-bond acceptors (Lipinski definition) is 3. The van der Waals surface area contributed by atoms with Crippen LogP contribution in [0.4, 0.5) is 9.59 Å². The van der Waals surface area contributed by atoms with Crippen LogP contribution in [0.1, 0.15) is 18.4 Å². The molecule has 2 amide bonds. The van der Waals surface area contributed by atoms with E-state index < -0.39 is 6.09 Å². The van der Waals surface area contributed by atoms with Crippen molar-refractivity contribution in [3.63, 3.8) is 0 Å². The molecule has 3 rings (SSSR count). The third-order valence-electron chi connectivity index (χ3n) is 4.61. The molecule has 2 aliphatic heterocycles. The first kappa shape index (κ1) is 14.7. The van der Waals surface area contributed by atoms with E-state index in [9.17, 15) is 9.59 Å². The number of nitrogens with zero attached hydrogens (tertiary/aromatic N) is 2. The maximum absolute atomic E-state index is 12.1. The van der Waals surface area contributed by atoms with Crippen LogP contribution in [0, 0.1) is 5.41 Å². The minimum absolute atomic E-state index is 0.0780. The zero-order chi connectivity index (χ0) is 15.6. The van der Waals surface area contributed by atoms with E-state index in [4.69, 9.17) is 9.84 Å². The SMILES string of the molecule is O=C(O)N1CC2(CCN(C(=O)OCc3ccccc3)CC2)C1. The lowest BCUT2D eigenvalue weighted by molar-refractivity contribution is -0.0333. The number of ether oxygens (including phenoxy) is 1. The predicted molar refractivity (Wildman–Crippen MR) is 79.5 cm³/mol. The molecule has 1 aromatic carbocycles. The van der Waals surface area contributed by atoms with Gasteiger partial charge in [-0.05, 0) is 18.4 Å². The average molecular weight is 304 g/mol. The highest BCUT2D eigenvalue weighted by Gasteiger charge is 2.47. The van der Waals surface area contributed by atoms with Gasteiger partial charge in [0.2, 0.25) is 0 Å². The van der Waals surface area contributed by atoms with E-state index in [1.807, 2.05) is 30.3 Å². The number of carboxylic acid groups (broad SMARTS) is 1. The van der Waals surface area contributed by atoms with E-state index >= 15 is 0 Å². The first-order valence-electron chi connectivity index (χ1n) is 7.52. The van der Waals surface area contributed by atoms with Gasteiger partial charge in [-0.15, -0.1) is 0 Å². The van der Waals surface area contributed by atoms with Crippen molar-refractivity contribution in [3.8, 4) is 0 Å². The van der Waals surface area contributed by atoms with Gasteiger partial charge in [-0.2, -0.15) is 0 Å². The molecule has 2 saturated heterocycles. The molecule has 0 bridgehead atoms. The third-order valence-corrected chi connectivity index (χ3v) is 4.61. The van der Waals surface area contributed by atoms with E-state index in [0.29, 0.717) is 26.2 Å². The Kier molecular flexibility index (Phi) is 3.92. The second kappa shape index (κ2) is 5.87. The lowest BCUT2D eigenvalue weighted by Gasteiger charge is -2.52. The highest BCUT2D eigenvalue weighted by Crippen LogP contribution is 2.40. The van der Waals surface area contributed by atoms with Gasteiger partial charge in [0.15, 0.2) is 0 Å². The van der Waals surface area contributed by atoms with Crippen LogP contribution < -0.4 is 0 Å². The van der Waals surface area contributed by atoms with Gasteiger partial charge in [0.05, 0.1) is 0 Å². The molecule has 0 atom stereocenters. The molecule has 118 valence electrons. The van der Waals surface area contributed by atoms with E-state index in [1.165, 1.54) is 4.90 Å². The van der Waals surface area contributed by atoms with E-state index in [-0.39, 0.29) is 18.1 Å². The molecule has 1 spiro atoms. The number of carbonyl (C=O) groups is 2. The zero-order valence-corrected chi connectivity index (χ0v) is 12.4. The molecule has 6 nitrogen and oxygen atoms in total. The molecule has 6 heteroatoms. The summed E-state index contributed by atoms with van der Waals surface area (Å²) in [6.45, 7) is 2.75. The zero-order valence-electron chi connectivity index (χ0n) is 12.4. The molecular formula is C16H20N2O4. The van der Waals surface area contributed by atoms with E-state index in [1.54, 1.807) is 4.90 Å². The van der Waals surface area contributed by atoms with Crippen molar-refractivity contribution in [1.29, 1.82) is 0 Å². The highest BCUT2D eigenvalue weighted by atomic mass is 16.6. The molecule has 0 radical (unpaired) electrons. The van der Waals surface area contributed by atoms with Crippen molar-refractivity contribution >= 4 is 12.2 Å². The number of likely N-dealkylation sites (tertiary alicyclic amines) is 2. The largest absolute Gasteiger partial charge is 0.465 e. The Morgan fingerprint density at radius 1 is 1.09 bits per heavy atom. The van der Waals surface area contributed by atoms with Crippen LogP contribution in [0.5, 0.6) is 0 Å². The van der Waals surface area contributed by atoms with Crippen LogP contribution in [0.25, 0.3) is 0 Å². The quantitative estimate of drug-likeness (QED) is 0.911. The number of amides is 2. The lowest BCUT2D eigenvalue weighted by Crippen LogP contribution is -2.62. The van der Waals surface area contributed by atoms with Crippen LogP contribution in [-0.4, -0.2) is 53.3 Å². The Morgan fingerprint density at radius 3 is 2.32 bits per heavy atom. The summed E-state index contributed by atoms with van der Waals surface area (Å²) in [6.07, 6.45) is 0.553. The van der Waals surface area contributed by atoms with Crippen molar-refractivity contribution in [2.45, 2.75) is 19.4 Å². The Morgan fingerprint density at radius 2 is 1.73 bits per heavy atom. The van der Waals surface area contributed by atoms with Gasteiger partial charge < -0.3 is 19.6 Å². The smallest absolute Gasteiger partial charge is 0.410 e. The fraction of sp³-hybridized carbons (Fsp3) is 0.500. The fourth-order valence-electron chi connectivity index (χ4n) is 3.19. The molecule has 1 aromatic rings. The Balaban J connectivity index is 1.44. The summed E-state index contributed by atoms with van der Waals surface area (Å²) >= 11 is 0. The maximum atomic E-state index is 12.1. The number of benzene rings is 1. The van der Waals surface area contributed by atoms with E-state index in [2.05, 4.69) is 0 Å². The summed E-state index contributed by atoms with van der Waals surface area (Å²) in [7, 11) is 0. The third kappa shape index (κ3) is 3.00. The summed E-state index contributed by atoms with van der Waals surface area (Å²) in [6, 6.07) is 9.60. The van der Waals surface area contributed by atoms with Crippen LogP contribution in [0.3, 0.4) is 0 Å². The van der Waals surface area contributed by atoms with Crippen molar-refractivity contribution in [3.05, 3.63) is 35.9 Å². The van der Waals surface area contributed by atoms with Crippen molar-refractivity contribution in [2.24, 2.45) is 5.41 Å². The second-order valence-corrected chi connectivity index (χ2v) is 6.17. The highest BCUT2D eigenvalue weighted by molar-refractivity contribution is 5.68. The van der Waals surface area contributed by atoms with Crippen molar-refractivity contribution < 1.29 is 19.4 Å². The first-order valence-corrected chi connectivity index (χ1v) is 7.52. The number of rotatable bonds is 2. The molecule has 2 aliphatic rings.